The number of rotatable bonds is 6. The molecule has 2 N–H and O–H groups in total. The second-order valence-corrected chi connectivity index (χ2v) is 4.75. The Kier molecular flexibility index (Phi) is 22.4. The van der Waals surface area contributed by atoms with Crippen molar-refractivity contribution in [1.82, 2.24) is 15.5 Å². The average molecular weight is 279 g/mol. The van der Waals surface area contributed by atoms with Crippen molar-refractivity contribution in [2.24, 2.45) is 0 Å². The van der Waals surface area contributed by atoms with Crippen molar-refractivity contribution in [3.05, 3.63) is 0 Å². The summed E-state index contributed by atoms with van der Waals surface area (Å²) in [5.74, 6) is 0. The molecule has 0 aromatic carbocycles. The molecule has 18 heavy (non-hydrogen) atoms. The van der Waals surface area contributed by atoms with E-state index in [1.54, 1.807) is 0 Å². The van der Waals surface area contributed by atoms with Crippen LogP contribution in [-0.4, -0.2) is 70.8 Å². The van der Waals surface area contributed by atoms with Crippen molar-refractivity contribution in [3.63, 3.8) is 0 Å². The van der Waals surface area contributed by atoms with E-state index in [2.05, 4.69) is 29.1 Å². The van der Waals surface area contributed by atoms with E-state index in [1.807, 2.05) is 20.9 Å². The van der Waals surface area contributed by atoms with Crippen LogP contribution in [0.4, 0.5) is 0 Å². The Balaban J connectivity index is 0. The zero-order valence-corrected chi connectivity index (χ0v) is 14.0. The van der Waals surface area contributed by atoms with Gasteiger partial charge in [0, 0.05) is 32.5 Å². The first-order valence-corrected chi connectivity index (χ1v) is 8.85. The Labute approximate surface area is 116 Å². The van der Waals surface area contributed by atoms with Crippen molar-refractivity contribution in [2.45, 2.75) is 20.8 Å². The van der Waals surface area contributed by atoms with E-state index in [9.17, 15) is 0 Å². The lowest BCUT2D eigenvalue weighted by Gasteiger charge is -2.26. The molecule has 112 valence electrons. The SMILES string of the molecule is CC.CCNCCN1CCOCC1.CNCPC. The molecule has 0 saturated carbocycles. The van der Waals surface area contributed by atoms with Crippen molar-refractivity contribution in [2.75, 3.05) is 65.9 Å². The Hall–Kier alpha value is 0.270. The second kappa shape index (κ2) is 19.6. The third kappa shape index (κ3) is 16.3. The lowest BCUT2D eigenvalue weighted by molar-refractivity contribution is 0.0385. The van der Waals surface area contributed by atoms with E-state index in [4.69, 9.17) is 4.74 Å². The van der Waals surface area contributed by atoms with Crippen molar-refractivity contribution < 1.29 is 4.74 Å². The van der Waals surface area contributed by atoms with Crippen LogP contribution in [0.1, 0.15) is 20.8 Å². The summed E-state index contributed by atoms with van der Waals surface area (Å²) in [6.07, 6.45) is 1.17. The second-order valence-electron chi connectivity index (χ2n) is 3.69. The largest absolute Gasteiger partial charge is 0.379 e. The summed E-state index contributed by atoms with van der Waals surface area (Å²) in [6, 6.07) is 0. The third-order valence-corrected chi connectivity index (χ3v) is 3.02. The predicted molar refractivity (Wildman–Crippen MR) is 85.3 cm³/mol. The highest BCUT2D eigenvalue weighted by molar-refractivity contribution is 7.36. The summed E-state index contributed by atoms with van der Waals surface area (Å²) >= 11 is 0. The standard InChI is InChI=1S/C8H18N2O.C3H10NP.C2H6/c1-2-9-3-4-10-5-7-11-8-6-10;1-4-3-5-2;1-2/h9H,2-8H2,1H3;4-5H,3H2,1-2H3;1-2H3. The maximum atomic E-state index is 5.24. The number of likely N-dealkylation sites (N-methyl/N-ethyl adjacent to an activating group) is 1. The first-order valence-electron chi connectivity index (χ1n) is 7.15. The van der Waals surface area contributed by atoms with Crippen molar-refractivity contribution in [1.29, 1.82) is 0 Å². The number of hydrogen-bond donors (Lipinski definition) is 2. The molecule has 0 aliphatic carbocycles. The van der Waals surface area contributed by atoms with Crippen molar-refractivity contribution >= 4 is 8.58 Å². The number of nitrogens with one attached hydrogen (secondary N) is 2. The number of hydrogen-bond acceptors (Lipinski definition) is 4. The van der Waals surface area contributed by atoms with Gasteiger partial charge in [0.1, 0.15) is 0 Å². The van der Waals surface area contributed by atoms with E-state index in [-0.39, 0.29) is 0 Å². The fourth-order valence-corrected chi connectivity index (χ4v) is 1.77. The van der Waals surface area contributed by atoms with Gasteiger partial charge in [-0.1, -0.05) is 20.8 Å². The van der Waals surface area contributed by atoms with Crippen LogP contribution in [0.3, 0.4) is 0 Å². The topological polar surface area (TPSA) is 36.5 Å². The molecular weight excluding hydrogens is 245 g/mol. The summed E-state index contributed by atoms with van der Waals surface area (Å²) in [5, 5.41) is 6.34. The first-order chi connectivity index (χ1) is 8.85. The molecule has 0 aromatic rings. The zero-order chi connectivity index (χ0) is 14.1. The van der Waals surface area contributed by atoms with Gasteiger partial charge in [-0.3, -0.25) is 4.90 Å². The van der Waals surface area contributed by atoms with Crippen LogP contribution < -0.4 is 10.6 Å². The molecule has 0 aromatic heterocycles. The molecule has 1 unspecified atom stereocenters. The minimum Gasteiger partial charge on any atom is -0.379 e. The average Bonchev–Trinajstić information content (AvgIpc) is 2.44. The molecule has 0 spiro atoms. The predicted octanol–water partition coefficient (Wildman–Crippen LogP) is 1.43. The lowest BCUT2D eigenvalue weighted by Crippen LogP contribution is -2.40. The van der Waals surface area contributed by atoms with E-state index in [0.29, 0.717) is 0 Å². The molecule has 1 saturated heterocycles. The molecule has 0 radical (unpaired) electrons. The minimum absolute atomic E-state index is 0.909. The van der Waals surface area contributed by atoms with Crippen LogP contribution in [0.15, 0.2) is 0 Å². The van der Waals surface area contributed by atoms with Gasteiger partial charge in [-0.2, -0.15) is 0 Å². The molecule has 0 bridgehead atoms. The summed E-state index contributed by atoms with van der Waals surface area (Å²) in [5.41, 5.74) is 0. The Morgan fingerprint density at radius 2 is 1.83 bits per heavy atom. The highest BCUT2D eigenvalue weighted by Gasteiger charge is 2.08. The normalized spacial score (nSPS) is 15.8. The molecule has 1 aliphatic rings. The van der Waals surface area contributed by atoms with Gasteiger partial charge in [-0.05, 0) is 20.3 Å². The van der Waals surface area contributed by atoms with Crippen LogP contribution in [0.5, 0.6) is 0 Å². The summed E-state index contributed by atoms with van der Waals surface area (Å²) in [4.78, 5) is 2.44. The van der Waals surface area contributed by atoms with Crippen molar-refractivity contribution in [3.8, 4) is 0 Å². The molecule has 1 atom stereocenters. The lowest BCUT2D eigenvalue weighted by atomic mass is 10.4. The van der Waals surface area contributed by atoms with Gasteiger partial charge < -0.3 is 15.4 Å². The third-order valence-electron chi connectivity index (χ3n) is 2.31. The van der Waals surface area contributed by atoms with E-state index in [0.717, 1.165) is 54.5 Å². The molecule has 4 nitrogen and oxygen atoms in total. The molecule has 1 fully saturated rings. The van der Waals surface area contributed by atoms with Crippen LogP contribution in [0.2, 0.25) is 0 Å². The van der Waals surface area contributed by atoms with Crippen LogP contribution in [0.25, 0.3) is 0 Å². The van der Waals surface area contributed by atoms with E-state index < -0.39 is 0 Å². The van der Waals surface area contributed by atoms with E-state index in [1.165, 1.54) is 6.29 Å². The van der Waals surface area contributed by atoms with Gasteiger partial charge >= 0.3 is 0 Å². The monoisotopic (exact) mass is 279 g/mol. The smallest absolute Gasteiger partial charge is 0.0594 e. The molecule has 1 rings (SSSR count). The Morgan fingerprint density at radius 3 is 2.22 bits per heavy atom. The fraction of sp³-hybridized carbons (Fsp3) is 1.00. The van der Waals surface area contributed by atoms with Crippen LogP contribution in [-0.2, 0) is 4.74 Å². The number of ether oxygens (including phenoxy) is 1. The Bertz CT molecular complexity index is 131. The highest BCUT2D eigenvalue weighted by Crippen LogP contribution is 1.94. The number of morpholine rings is 1. The van der Waals surface area contributed by atoms with Gasteiger partial charge in [0.15, 0.2) is 0 Å². The summed E-state index contributed by atoms with van der Waals surface area (Å²) in [6.45, 7) is 15.7. The first kappa shape index (κ1) is 20.6. The maximum absolute atomic E-state index is 5.24. The fourth-order valence-electron chi connectivity index (χ4n) is 1.42. The molecule has 1 heterocycles. The Morgan fingerprint density at radius 1 is 1.22 bits per heavy atom. The van der Waals surface area contributed by atoms with Gasteiger partial charge in [0.25, 0.3) is 0 Å². The zero-order valence-electron chi connectivity index (χ0n) is 13.0. The molecule has 5 heteroatoms. The van der Waals surface area contributed by atoms with Gasteiger partial charge in [-0.15, -0.1) is 8.58 Å². The van der Waals surface area contributed by atoms with Crippen LogP contribution in [0, 0.1) is 0 Å². The minimum atomic E-state index is 0.909. The summed E-state index contributed by atoms with van der Waals surface area (Å²) < 4.78 is 5.24. The molecular formula is C13H34N3OP. The van der Waals surface area contributed by atoms with Gasteiger partial charge in [0.05, 0.1) is 13.2 Å². The molecule has 1 aliphatic heterocycles. The number of nitrogens with zero attached hydrogens (tertiary/aromatic N) is 1. The maximum Gasteiger partial charge on any atom is 0.0594 e. The highest BCUT2D eigenvalue weighted by atomic mass is 31.1. The summed E-state index contributed by atoms with van der Waals surface area (Å²) in [7, 11) is 3.02. The van der Waals surface area contributed by atoms with E-state index >= 15 is 0 Å². The molecule has 0 amide bonds. The van der Waals surface area contributed by atoms with Gasteiger partial charge in [-0.25, -0.2) is 0 Å². The van der Waals surface area contributed by atoms with Crippen LogP contribution >= 0.6 is 8.58 Å². The van der Waals surface area contributed by atoms with Gasteiger partial charge in [0.2, 0.25) is 0 Å². The quantitative estimate of drug-likeness (QED) is 0.570.